The van der Waals surface area contributed by atoms with E-state index >= 15 is 0 Å². The van der Waals surface area contributed by atoms with E-state index in [-0.39, 0.29) is 53.2 Å². The van der Waals surface area contributed by atoms with Crippen LogP contribution in [0.1, 0.15) is 151 Å². The first kappa shape index (κ1) is 75.2. The maximum absolute atomic E-state index is 13.3. The molecule has 3 saturated heterocycles. The number of benzene rings is 4. The van der Waals surface area contributed by atoms with Crippen molar-refractivity contribution >= 4 is 23.0 Å². The SMILES string of the molecule is C[C@H]1O[C@@H]([C@]2(C)CC(/C=C3/CC(C)(COC(C)(C)C)C(/C=C4\[N-]/C(=C\C5=NC(=O)CC5(C)COC(C)(C)C)C[C@@]4(C)[C@@H]4O[C@H](C)[C@H](OCc5ccccc5)C[C@H]4OCc4ccccc4)=N3)=NC2(C)C#N)[C@H](OCc2ccccc2)C[C@H]1OCc1ccccc1.[Ni+2].[O-][Cl+3]([O-])([O-])[O-]. The molecular weight excluding hydrogens is 1270 g/mol. The number of carbonyl (C=O) groups is 1. The van der Waals surface area contributed by atoms with E-state index in [2.05, 4.69) is 134 Å². The van der Waals surface area contributed by atoms with E-state index in [0.717, 1.165) is 50.8 Å². The van der Waals surface area contributed by atoms with Gasteiger partial charge in [-0.15, -0.1) is 15.9 Å². The van der Waals surface area contributed by atoms with Crippen LogP contribution in [0.3, 0.4) is 0 Å². The zero-order valence-electron chi connectivity index (χ0n) is 57.1. The average Bonchev–Trinajstić information content (AvgIpc) is 1.63. The number of nitrogens with zero attached hydrogens (tertiary/aromatic N) is 5. The number of hydrogen-bond donors (Lipinski definition) is 0. The van der Waals surface area contributed by atoms with Crippen molar-refractivity contribution < 1.29 is 88.1 Å². The molecule has 6 aliphatic heterocycles. The average molecular weight is 1370 g/mol. The van der Waals surface area contributed by atoms with Crippen LogP contribution in [0, 0.1) is 43.2 Å². The predicted octanol–water partition coefficient (Wildman–Crippen LogP) is 10.4. The Kier molecular flexibility index (Phi) is 24.6. The molecule has 0 spiro atoms. The number of amides is 1. The zero-order chi connectivity index (χ0) is 67.9. The molecule has 4 aromatic rings. The van der Waals surface area contributed by atoms with Gasteiger partial charge in [-0.2, -0.15) is 11.0 Å². The van der Waals surface area contributed by atoms with Gasteiger partial charge < -0.3 is 43.2 Å². The van der Waals surface area contributed by atoms with Crippen LogP contribution >= 0.6 is 0 Å². The molecule has 18 nitrogen and oxygen atoms in total. The second-order valence-electron chi connectivity index (χ2n) is 29.3. The summed E-state index contributed by atoms with van der Waals surface area (Å²) in [7, 11) is -4.94. The number of halogens is 1. The summed E-state index contributed by atoms with van der Waals surface area (Å²) in [6.45, 7) is 29.3. The van der Waals surface area contributed by atoms with Crippen LogP contribution in [0.15, 0.2) is 172 Å². The van der Waals surface area contributed by atoms with Crippen LogP contribution in [0.4, 0.5) is 0 Å². The molecule has 0 radical (unpaired) electrons. The van der Waals surface area contributed by atoms with Crippen molar-refractivity contribution in [2.45, 2.75) is 221 Å². The van der Waals surface area contributed by atoms with Crippen LogP contribution < -0.4 is 18.6 Å². The maximum Gasteiger partial charge on any atom is 2.00 e. The van der Waals surface area contributed by atoms with Gasteiger partial charge in [-0.1, -0.05) is 161 Å². The van der Waals surface area contributed by atoms with E-state index < -0.39 is 73.1 Å². The Hall–Kier alpha value is -5.63. The van der Waals surface area contributed by atoms with Gasteiger partial charge in [0, 0.05) is 70.9 Å². The van der Waals surface area contributed by atoms with Gasteiger partial charge in [-0.3, -0.25) is 14.8 Å². The van der Waals surface area contributed by atoms with Crippen LogP contribution in [0.5, 0.6) is 0 Å². The topological polar surface area (TPSA) is 258 Å². The molecule has 10 rings (SSSR count). The number of ether oxygens (including phenoxy) is 8. The van der Waals surface area contributed by atoms with Gasteiger partial charge in [0.2, 0.25) is 5.91 Å². The van der Waals surface area contributed by atoms with Gasteiger partial charge in [0.1, 0.15) is 0 Å². The van der Waals surface area contributed by atoms with Gasteiger partial charge in [0.25, 0.3) is 0 Å². The first-order chi connectivity index (χ1) is 44.2. The monoisotopic (exact) mass is 1370 g/mol. The molecule has 3 fully saturated rings. The normalized spacial score (nSPS) is 32.3. The summed E-state index contributed by atoms with van der Waals surface area (Å²) in [6, 6.07) is 43.5. The Morgan fingerprint density at radius 2 is 0.979 bits per heavy atom. The summed E-state index contributed by atoms with van der Waals surface area (Å²) in [5, 5.41) is 16.9. The Morgan fingerprint density at radius 3 is 1.41 bits per heavy atom. The minimum Gasteiger partial charge on any atom is -0.664 e. The molecule has 0 aromatic heterocycles. The third-order valence-electron chi connectivity index (χ3n) is 18.9. The molecule has 20 heteroatoms. The third kappa shape index (κ3) is 19.6. The smallest absolute Gasteiger partial charge is 0.664 e. The summed E-state index contributed by atoms with van der Waals surface area (Å²) in [4.78, 5) is 28.9. The van der Waals surface area contributed by atoms with Crippen molar-refractivity contribution in [3.05, 3.63) is 184 Å². The molecule has 0 aliphatic carbocycles. The van der Waals surface area contributed by atoms with Gasteiger partial charge in [-0.25, -0.2) is 23.6 Å². The van der Waals surface area contributed by atoms with E-state index in [1.54, 1.807) is 0 Å². The van der Waals surface area contributed by atoms with Crippen molar-refractivity contribution in [1.29, 1.82) is 5.26 Å². The number of carbonyl (C=O) groups excluding carboxylic acids is 1. The quantitative estimate of drug-likeness (QED) is 0.0703. The summed E-state index contributed by atoms with van der Waals surface area (Å²) in [5.41, 5.74) is 3.90. The molecule has 1 amide bonds. The van der Waals surface area contributed by atoms with Crippen LogP contribution in [0.25, 0.3) is 5.32 Å². The van der Waals surface area contributed by atoms with Gasteiger partial charge in [-0.05, 0) is 97.1 Å². The van der Waals surface area contributed by atoms with Crippen LogP contribution in [0.2, 0.25) is 0 Å². The molecule has 0 N–H and O–H groups in total. The fraction of sp³-hybridized carbons (Fsp3) is 0.533. The molecule has 0 saturated carbocycles. The molecular formula is C75H94ClN5NiO13. The second kappa shape index (κ2) is 31.1. The largest absolute Gasteiger partial charge is 2.00 e. The summed E-state index contributed by atoms with van der Waals surface area (Å²) >= 11 is 0. The molecule has 13 atom stereocenters. The molecule has 4 aromatic carbocycles. The zero-order valence-corrected chi connectivity index (χ0v) is 58.9. The maximum atomic E-state index is 13.3. The minimum absolute atomic E-state index is 0. The van der Waals surface area contributed by atoms with Crippen molar-refractivity contribution in [2.75, 3.05) is 13.2 Å². The molecule has 514 valence electrons. The molecule has 3 unspecified atom stereocenters. The number of rotatable bonds is 21. The number of hydrogen-bond acceptors (Lipinski definition) is 16. The fourth-order valence-electron chi connectivity index (χ4n) is 13.3. The van der Waals surface area contributed by atoms with E-state index in [1.165, 1.54) is 0 Å². The predicted molar refractivity (Wildman–Crippen MR) is 349 cm³/mol. The van der Waals surface area contributed by atoms with E-state index in [4.69, 9.17) is 71.8 Å². The molecule has 95 heavy (non-hydrogen) atoms. The molecule has 6 heterocycles. The van der Waals surface area contributed by atoms with E-state index in [0.29, 0.717) is 77.5 Å². The van der Waals surface area contributed by atoms with E-state index in [1.807, 2.05) is 107 Å². The van der Waals surface area contributed by atoms with Crippen LogP contribution in [-0.2, 0) is 85.6 Å². The Morgan fingerprint density at radius 1 is 0.579 bits per heavy atom. The van der Waals surface area contributed by atoms with Crippen LogP contribution in [-0.4, -0.2) is 102 Å². The van der Waals surface area contributed by atoms with Crippen molar-refractivity contribution in [2.24, 2.45) is 36.6 Å². The van der Waals surface area contributed by atoms with Crippen molar-refractivity contribution in [3.63, 3.8) is 0 Å². The number of aliphatic imine (C=N–C) groups is 3. The standard InChI is InChI=1S/C75H95N5O9.ClHO4.Ni/c1-50-59(82-43-52-26-18-14-19-27-52)36-61(84-45-54-30-22-16-23-31-54)67(88-50)73(11)40-57(35-63-72(10,42-66(81)79-63)49-87-70(6,7)8)78-65(73)38-64-71(9,48-86-69(3,4)5)39-56(77-64)34-58-41-74(12,75(13,47-76)80-58)68-62(85-46-55-32-24-17-25-33-55)37-60(51(2)89-68)83-44-53-28-20-15-21-29-53;2-1(3,4)5;/h14-35,38,50-51,59-62,67-68H,36-37,39-46,48-49H2,1-13H3,(H,77,78,79,80,81);(H,2,3,4,5);/q;;+2/p-2/t50-,51-,59-,60-,61-,62-,67-,68-,71?,72?,73-,74+,75?;;/m1../s1. The second-order valence-corrected chi connectivity index (χ2v) is 30.0. The van der Waals surface area contributed by atoms with Gasteiger partial charge in [0.15, 0.2) is 5.54 Å². The molecule has 6 aliphatic rings. The number of nitriles is 1. The Bertz CT molecular complexity index is 3470. The van der Waals surface area contributed by atoms with Gasteiger partial charge >= 0.3 is 16.5 Å². The van der Waals surface area contributed by atoms with Crippen molar-refractivity contribution in [3.8, 4) is 6.07 Å². The van der Waals surface area contributed by atoms with Crippen molar-refractivity contribution in [1.82, 2.24) is 0 Å². The first-order valence-corrected chi connectivity index (χ1v) is 33.9. The Balaban J connectivity index is 0.00000186. The van der Waals surface area contributed by atoms with E-state index in [9.17, 15) is 10.1 Å². The summed E-state index contributed by atoms with van der Waals surface area (Å²) < 4.78 is 88.8. The molecule has 0 bridgehead atoms. The summed E-state index contributed by atoms with van der Waals surface area (Å²) in [5.74, 6) is -0.181. The summed E-state index contributed by atoms with van der Waals surface area (Å²) in [6.07, 6.45) is 6.17. The number of allylic oxidation sites excluding steroid dienone is 5. The van der Waals surface area contributed by atoms with Gasteiger partial charge in [0.05, 0.1) is 111 Å². The fourth-order valence-corrected chi connectivity index (χ4v) is 13.3. The Labute approximate surface area is 573 Å². The third-order valence-corrected chi connectivity index (χ3v) is 18.9. The first-order valence-electron chi connectivity index (χ1n) is 32.6. The minimum atomic E-state index is -4.94.